The van der Waals surface area contributed by atoms with E-state index in [0.717, 1.165) is 24.8 Å². The van der Waals surface area contributed by atoms with Gasteiger partial charge in [-0.3, -0.25) is 10.1 Å². The van der Waals surface area contributed by atoms with Gasteiger partial charge in [-0.2, -0.15) is 0 Å². The number of rotatable bonds is 7. The van der Waals surface area contributed by atoms with Crippen molar-refractivity contribution in [1.82, 2.24) is 10.6 Å². The minimum Gasteiger partial charge on any atom is -0.479 e. The fourth-order valence-electron chi connectivity index (χ4n) is 4.02. The van der Waals surface area contributed by atoms with Gasteiger partial charge in [-0.05, 0) is 43.1 Å². The first kappa shape index (κ1) is 23.4. The van der Waals surface area contributed by atoms with Crippen LogP contribution < -0.4 is 10.6 Å². The molecule has 0 radical (unpaired) electrons. The zero-order chi connectivity index (χ0) is 19.3. The highest BCUT2D eigenvalue weighted by Gasteiger charge is 2.37. The molecular formula is C21H33ClN2O3. The van der Waals surface area contributed by atoms with Crippen molar-refractivity contribution in [3.05, 3.63) is 35.9 Å². The topological polar surface area (TPSA) is 78.4 Å². The maximum atomic E-state index is 12.9. The minimum atomic E-state index is -1.09. The Morgan fingerprint density at radius 3 is 2.30 bits per heavy atom. The largest absolute Gasteiger partial charge is 0.479 e. The first-order valence-electron chi connectivity index (χ1n) is 9.63. The van der Waals surface area contributed by atoms with Gasteiger partial charge >= 0.3 is 5.97 Å². The Morgan fingerprint density at radius 2 is 1.74 bits per heavy atom. The third kappa shape index (κ3) is 6.51. The fraction of sp³-hybridized carbons (Fsp3) is 0.619. The van der Waals surface area contributed by atoms with Crippen LogP contribution in [0.2, 0.25) is 0 Å². The van der Waals surface area contributed by atoms with Crippen LogP contribution in [0.15, 0.2) is 30.3 Å². The molecule has 1 saturated carbocycles. The van der Waals surface area contributed by atoms with Gasteiger partial charge in [-0.25, -0.2) is 4.79 Å². The lowest BCUT2D eigenvalue weighted by molar-refractivity contribution is -0.144. The fourth-order valence-corrected chi connectivity index (χ4v) is 4.02. The van der Waals surface area contributed by atoms with Crippen LogP contribution in [0.25, 0.3) is 0 Å². The summed E-state index contributed by atoms with van der Waals surface area (Å²) in [7, 11) is 0. The van der Waals surface area contributed by atoms with Gasteiger partial charge in [0.1, 0.15) is 0 Å². The highest BCUT2D eigenvalue weighted by atomic mass is 35.5. The van der Waals surface area contributed by atoms with Crippen LogP contribution in [0.5, 0.6) is 0 Å². The van der Waals surface area contributed by atoms with Crippen molar-refractivity contribution in [2.24, 2.45) is 23.7 Å². The summed E-state index contributed by atoms with van der Waals surface area (Å²) in [6.07, 6.45) is 1.90. The molecule has 2 rings (SSSR count). The SMILES string of the molecule is CC(NC(NC(=O)[C@@H]1C[C@H](C)CC[C@H]1C(C)C)C(=O)O)c1ccccc1.Cl. The molecule has 5 nitrogen and oxygen atoms in total. The summed E-state index contributed by atoms with van der Waals surface area (Å²) in [5, 5.41) is 15.3. The zero-order valence-corrected chi connectivity index (χ0v) is 17.5. The summed E-state index contributed by atoms with van der Waals surface area (Å²) < 4.78 is 0. The molecule has 2 unspecified atom stereocenters. The van der Waals surface area contributed by atoms with Crippen LogP contribution in [-0.2, 0) is 9.59 Å². The molecule has 0 aromatic heterocycles. The van der Waals surface area contributed by atoms with E-state index in [-0.39, 0.29) is 30.3 Å². The van der Waals surface area contributed by atoms with Gasteiger partial charge in [0.25, 0.3) is 0 Å². The summed E-state index contributed by atoms with van der Waals surface area (Å²) in [6.45, 7) is 8.36. The van der Waals surface area contributed by atoms with Crippen molar-refractivity contribution in [2.75, 3.05) is 0 Å². The zero-order valence-electron chi connectivity index (χ0n) is 16.6. The van der Waals surface area contributed by atoms with Gasteiger partial charge in [0.15, 0.2) is 6.17 Å². The normalized spacial score (nSPS) is 24.6. The number of halogens is 1. The number of nitrogens with one attached hydrogen (secondary N) is 2. The smallest absolute Gasteiger partial charge is 0.341 e. The second-order valence-electron chi connectivity index (χ2n) is 8.01. The van der Waals surface area contributed by atoms with Crippen LogP contribution in [0.1, 0.15) is 58.6 Å². The van der Waals surface area contributed by atoms with E-state index in [1.165, 1.54) is 0 Å². The third-order valence-electron chi connectivity index (χ3n) is 5.61. The third-order valence-corrected chi connectivity index (χ3v) is 5.61. The van der Waals surface area contributed by atoms with E-state index in [4.69, 9.17) is 0 Å². The van der Waals surface area contributed by atoms with Crippen molar-refractivity contribution >= 4 is 24.3 Å². The van der Waals surface area contributed by atoms with Gasteiger partial charge < -0.3 is 10.4 Å². The maximum absolute atomic E-state index is 12.9. The molecule has 152 valence electrons. The van der Waals surface area contributed by atoms with Crippen LogP contribution in [0.3, 0.4) is 0 Å². The predicted molar refractivity (Wildman–Crippen MR) is 110 cm³/mol. The van der Waals surface area contributed by atoms with Gasteiger partial charge in [0.2, 0.25) is 5.91 Å². The molecule has 0 bridgehead atoms. The number of hydrogen-bond acceptors (Lipinski definition) is 3. The molecule has 6 heteroatoms. The van der Waals surface area contributed by atoms with Crippen LogP contribution in [-0.4, -0.2) is 23.1 Å². The van der Waals surface area contributed by atoms with Gasteiger partial charge in [-0.15, -0.1) is 12.4 Å². The molecule has 0 heterocycles. The number of carboxylic acids is 1. The molecule has 5 atom stereocenters. The summed E-state index contributed by atoms with van der Waals surface area (Å²) in [5.74, 6) is -0.0962. The lowest BCUT2D eigenvalue weighted by Crippen LogP contribution is -2.54. The van der Waals surface area contributed by atoms with E-state index in [1.54, 1.807) is 0 Å². The Kier molecular flexibility index (Phi) is 9.27. The Bertz CT molecular complexity index is 609. The molecule has 1 aliphatic carbocycles. The Labute approximate surface area is 168 Å². The predicted octanol–water partition coefficient (Wildman–Crippen LogP) is 3.99. The number of carbonyl (C=O) groups is 2. The quantitative estimate of drug-likeness (QED) is 0.609. The molecule has 0 aliphatic heterocycles. The number of aliphatic carboxylic acids is 1. The summed E-state index contributed by atoms with van der Waals surface area (Å²) in [6, 6.07) is 9.45. The molecule has 3 N–H and O–H groups in total. The summed E-state index contributed by atoms with van der Waals surface area (Å²) in [5.41, 5.74) is 0.986. The number of carboxylic acid groups (broad SMARTS) is 1. The maximum Gasteiger partial charge on any atom is 0.341 e. The molecule has 1 aliphatic rings. The number of benzene rings is 1. The number of amides is 1. The van der Waals surface area contributed by atoms with E-state index < -0.39 is 12.1 Å². The molecule has 1 fully saturated rings. The minimum absolute atomic E-state index is 0. The van der Waals surface area contributed by atoms with Crippen molar-refractivity contribution in [3.8, 4) is 0 Å². The summed E-state index contributed by atoms with van der Waals surface area (Å²) >= 11 is 0. The monoisotopic (exact) mass is 396 g/mol. The van der Waals surface area contributed by atoms with E-state index >= 15 is 0 Å². The van der Waals surface area contributed by atoms with E-state index in [2.05, 4.69) is 31.4 Å². The molecule has 0 spiro atoms. The average Bonchev–Trinajstić information content (AvgIpc) is 2.61. The molecular weight excluding hydrogens is 364 g/mol. The van der Waals surface area contributed by atoms with Crippen LogP contribution >= 0.6 is 12.4 Å². The molecule has 1 aromatic rings. The second kappa shape index (κ2) is 10.7. The number of carbonyl (C=O) groups excluding carboxylic acids is 1. The lowest BCUT2D eigenvalue weighted by Gasteiger charge is -2.37. The highest BCUT2D eigenvalue weighted by Crippen LogP contribution is 2.38. The number of hydrogen-bond donors (Lipinski definition) is 3. The van der Waals surface area contributed by atoms with Crippen molar-refractivity contribution in [2.45, 2.75) is 59.2 Å². The first-order valence-corrected chi connectivity index (χ1v) is 9.63. The first-order chi connectivity index (χ1) is 12.3. The van der Waals surface area contributed by atoms with Crippen LogP contribution in [0.4, 0.5) is 0 Å². The van der Waals surface area contributed by atoms with E-state index in [1.807, 2.05) is 37.3 Å². The van der Waals surface area contributed by atoms with Crippen molar-refractivity contribution in [3.63, 3.8) is 0 Å². The van der Waals surface area contributed by atoms with Crippen molar-refractivity contribution in [1.29, 1.82) is 0 Å². The van der Waals surface area contributed by atoms with E-state index in [0.29, 0.717) is 17.8 Å². The van der Waals surface area contributed by atoms with Gasteiger partial charge in [0.05, 0.1) is 0 Å². The van der Waals surface area contributed by atoms with E-state index in [9.17, 15) is 14.7 Å². The molecule has 27 heavy (non-hydrogen) atoms. The highest BCUT2D eigenvalue weighted by molar-refractivity contribution is 5.85. The van der Waals surface area contributed by atoms with Crippen LogP contribution in [0, 0.1) is 23.7 Å². The molecule has 1 amide bonds. The van der Waals surface area contributed by atoms with Crippen molar-refractivity contribution < 1.29 is 14.7 Å². The van der Waals surface area contributed by atoms with Gasteiger partial charge in [-0.1, -0.05) is 57.5 Å². The van der Waals surface area contributed by atoms with Gasteiger partial charge in [0, 0.05) is 12.0 Å². The standard InChI is InChI=1S/C21H32N2O3.ClH/c1-13(2)17-11-10-14(3)12-18(17)20(24)23-19(21(25)26)22-15(4)16-8-6-5-7-9-16;/h5-9,13-15,17-19,22H,10-12H2,1-4H3,(H,23,24)(H,25,26);1H/t14-,15?,17+,18-,19?;/m1./s1. The molecule has 0 saturated heterocycles. The Morgan fingerprint density at radius 1 is 1.11 bits per heavy atom. The Hall–Kier alpha value is -1.59. The average molecular weight is 397 g/mol. The molecule has 1 aromatic carbocycles. The second-order valence-corrected chi connectivity index (χ2v) is 8.01. The lowest BCUT2D eigenvalue weighted by atomic mass is 9.70. The summed E-state index contributed by atoms with van der Waals surface area (Å²) in [4.78, 5) is 24.6. The Balaban J connectivity index is 0.00000364.